The standard InChI is InChI=1S/C19H20F2N4O2/c20-15-3-2-14(10-16(15)21)23-18(26)12-1-4-17-13(9-12)11-22-19(24-17)25-5-7-27-8-6-25/h2-3,10-12H,1,4-9H2,(H,23,26)/t12-/m0/s1. The lowest BCUT2D eigenvalue weighted by Gasteiger charge is -2.28. The van der Waals surface area contributed by atoms with E-state index in [-0.39, 0.29) is 17.5 Å². The third-order valence-electron chi connectivity index (χ3n) is 4.99. The van der Waals surface area contributed by atoms with E-state index < -0.39 is 11.6 Å². The van der Waals surface area contributed by atoms with Gasteiger partial charge in [0.25, 0.3) is 0 Å². The van der Waals surface area contributed by atoms with Gasteiger partial charge in [-0.2, -0.15) is 0 Å². The number of aromatic nitrogens is 2. The van der Waals surface area contributed by atoms with Gasteiger partial charge in [-0.15, -0.1) is 0 Å². The average molecular weight is 374 g/mol. The highest BCUT2D eigenvalue weighted by molar-refractivity contribution is 5.92. The lowest BCUT2D eigenvalue weighted by atomic mass is 9.86. The zero-order chi connectivity index (χ0) is 18.8. The van der Waals surface area contributed by atoms with Crippen molar-refractivity contribution in [3.05, 3.63) is 47.3 Å². The van der Waals surface area contributed by atoms with Crippen LogP contribution >= 0.6 is 0 Å². The SMILES string of the molecule is O=C(Nc1ccc(F)c(F)c1)[C@H]1CCc2nc(N3CCOCC3)ncc2C1. The minimum atomic E-state index is -0.981. The molecule has 1 aromatic carbocycles. The summed E-state index contributed by atoms with van der Waals surface area (Å²) in [6, 6.07) is 3.34. The summed E-state index contributed by atoms with van der Waals surface area (Å²) in [6.07, 6.45) is 3.67. The fourth-order valence-corrected chi connectivity index (χ4v) is 3.45. The lowest BCUT2D eigenvalue weighted by Crippen LogP contribution is -2.38. The van der Waals surface area contributed by atoms with Crippen LogP contribution in [0, 0.1) is 17.6 Å². The molecule has 1 aliphatic carbocycles. The number of amides is 1. The van der Waals surface area contributed by atoms with Crippen molar-refractivity contribution >= 4 is 17.5 Å². The Morgan fingerprint density at radius 3 is 2.81 bits per heavy atom. The Balaban J connectivity index is 1.43. The molecule has 0 bridgehead atoms. The molecule has 0 radical (unpaired) electrons. The molecule has 1 aliphatic heterocycles. The van der Waals surface area contributed by atoms with E-state index in [1.165, 1.54) is 6.07 Å². The van der Waals surface area contributed by atoms with Crippen molar-refractivity contribution in [1.29, 1.82) is 0 Å². The zero-order valence-corrected chi connectivity index (χ0v) is 14.8. The Morgan fingerprint density at radius 1 is 1.22 bits per heavy atom. The van der Waals surface area contributed by atoms with Gasteiger partial charge in [0.05, 0.1) is 13.2 Å². The number of morpholine rings is 1. The van der Waals surface area contributed by atoms with Gasteiger partial charge in [-0.3, -0.25) is 4.79 Å². The number of carbonyl (C=O) groups is 1. The van der Waals surface area contributed by atoms with E-state index >= 15 is 0 Å². The van der Waals surface area contributed by atoms with E-state index in [4.69, 9.17) is 4.74 Å². The summed E-state index contributed by atoms with van der Waals surface area (Å²) < 4.78 is 31.7. The maximum Gasteiger partial charge on any atom is 0.227 e. The predicted octanol–water partition coefficient (Wildman–Crippen LogP) is 2.33. The van der Waals surface area contributed by atoms with Gasteiger partial charge < -0.3 is 15.0 Å². The molecule has 1 amide bonds. The molecule has 4 rings (SSSR count). The molecule has 8 heteroatoms. The average Bonchev–Trinajstić information content (AvgIpc) is 2.70. The fraction of sp³-hybridized carbons (Fsp3) is 0.421. The lowest BCUT2D eigenvalue weighted by molar-refractivity contribution is -0.120. The summed E-state index contributed by atoms with van der Waals surface area (Å²) in [5, 5.41) is 2.67. The normalized spacial score (nSPS) is 19.5. The van der Waals surface area contributed by atoms with E-state index in [1.54, 1.807) is 6.20 Å². The summed E-state index contributed by atoms with van der Waals surface area (Å²) in [5.74, 6) is -1.66. The van der Waals surface area contributed by atoms with Crippen LogP contribution in [0.2, 0.25) is 0 Å². The van der Waals surface area contributed by atoms with Crippen molar-refractivity contribution in [2.24, 2.45) is 5.92 Å². The molecular formula is C19H20F2N4O2. The summed E-state index contributed by atoms with van der Waals surface area (Å²) in [6.45, 7) is 2.90. The highest BCUT2D eigenvalue weighted by Gasteiger charge is 2.27. The molecule has 142 valence electrons. The third kappa shape index (κ3) is 3.90. The molecule has 2 aromatic rings. The molecule has 1 fully saturated rings. The predicted molar refractivity (Wildman–Crippen MR) is 95.6 cm³/mol. The van der Waals surface area contributed by atoms with Crippen molar-refractivity contribution in [3.8, 4) is 0 Å². The van der Waals surface area contributed by atoms with Gasteiger partial charge in [-0.1, -0.05) is 0 Å². The van der Waals surface area contributed by atoms with Crippen molar-refractivity contribution in [3.63, 3.8) is 0 Å². The number of anilines is 2. The number of nitrogens with one attached hydrogen (secondary N) is 1. The molecule has 1 atom stereocenters. The maximum absolute atomic E-state index is 13.3. The van der Waals surface area contributed by atoms with Gasteiger partial charge in [0.1, 0.15) is 0 Å². The van der Waals surface area contributed by atoms with Gasteiger partial charge in [-0.25, -0.2) is 18.7 Å². The first-order valence-electron chi connectivity index (χ1n) is 9.03. The first-order valence-corrected chi connectivity index (χ1v) is 9.03. The molecule has 2 heterocycles. The number of fused-ring (bicyclic) bond motifs is 1. The Hall–Kier alpha value is -2.61. The Kier molecular flexibility index (Phi) is 4.98. The number of rotatable bonds is 3. The first-order chi connectivity index (χ1) is 13.1. The molecule has 6 nitrogen and oxygen atoms in total. The number of aryl methyl sites for hydroxylation is 1. The van der Waals surface area contributed by atoms with Gasteiger partial charge in [0.15, 0.2) is 11.6 Å². The summed E-state index contributed by atoms with van der Waals surface area (Å²) in [7, 11) is 0. The van der Waals surface area contributed by atoms with Crippen molar-refractivity contribution in [2.75, 3.05) is 36.5 Å². The van der Waals surface area contributed by atoms with E-state index in [0.717, 1.165) is 36.5 Å². The summed E-state index contributed by atoms with van der Waals surface area (Å²) >= 11 is 0. The Bertz CT molecular complexity index is 856. The molecule has 0 unspecified atom stereocenters. The number of nitrogens with zero attached hydrogens (tertiary/aromatic N) is 3. The number of carbonyl (C=O) groups excluding carboxylic acids is 1. The number of ether oxygens (including phenoxy) is 1. The second-order valence-electron chi connectivity index (χ2n) is 6.80. The Labute approximate surface area is 155 Å². The van der Waals surface area contributed by atoms with Gasteiger partial charge in [0, 0.05) is 42.7 Å². The number of hydrogen-bond donors (Lipinski definition) is 1. The van der Waals surface area contributed by atoms with Crippen LogP contribution in [0.3, 0.4) is 0 Å². The van der Waals surface area contributed by atoms with Crippen LogP contribution in [-0.2, 0) is 22.4 Å². The van der Waals surface area contributed by atoms with Crippen LogP contribution in [0.5, 0.6) is 0 Å². The first kappa shape index (κ1) is 17.8. The highest BCUT2D eigenvalue weighted by atomic mass is 19.2. The van der Waals surface area contributed by atoms with Crippen LogP contribution in [0.25, 0.3) is 0 Å². The van der Waals surface area contributed by atoms with Crippen molar-refractivity contribution in [1.82, 2.24) is 9.97 Å². The van der Waals surface area contributed by atoms with E-state index in [1.807, 2.05) is 0 Å². The molecule has 1 saturated heterocycles. The molecule has 0 saturated carbocycles. The monoisotopic (exact) mass is 374 g/mol. The van der Waals surface area contributed by atoms with Crippen molar-refractivity contribution in [2.45, 2.75) is 19.3 Å². The minimum absolute atomic E-state index is 0.205. The van der Waals surface area contributed by atoms with Crippen LogP contribution < -0.4 is 10.2 Å². The molecular weight excluding hydrogens is 354 g/mol. The van der Waals surface area contributed by atoms with E-state index in [9.17, 15) is 13.6 Å². The van der Waals surface area contributed by atoms with Gasteiger partial charge in [0.2, 0.25) is 11.9 Å². The largest absolute Gasteiger partial charge is 0.378 e. The van der Waals surface area contributed by atoms with E-state index in [0.29, 0.717) is 38.4 Å². The van der Waals surface area contributed by atoms with E-state index in [2.05, 4.69) is 20.2 Å². The third-order valence-corrected chi connectivity index (χ3v) is 4.99. The van der Waals surface area contributed by atoms with Gasteiger partial charge >= 0.3 is 0 Å². The van der Waals surface area contributed by atoms with Gasteiger partial charge in [-0.05, 0) is 37.0 Å². The summed E-state index contributed by atoms with van der Waals surface area (Å²) in [5.41, 5.74) is 2.19. The molecule has 1 N–H and O–H groups in total. The van der Waals surface area contributed by atoms with Crippen LogP contribution in [0.1, 0.15) is 17.7 Å². The Morgan fingerprint density at radius 2 is 2.04 bits per heavy atom. The van der Waals surface area contributed by atoms with Crippen LogP contribution in [0.4, 0.5) is 20.4 Å². The molecule has 2 aliphatic rings. The number of hydrogen-bond acceptors (Lipinski definition) is 5. The molecule has 1 aromatic heterocycles. The maximum atomic E-state index is 13.3. The zero-order valence-electron chi connectivity index (χ0n) is 14.8. The fourth-order valence-electron chi connectivity index (χ4n) is 3.45. The highest BCUT2D eigenvalue weighted by Crippen LogP contribution is 2.27. The molecule has 27 heavy (non-hydrogen) atoms. The van der Waals surface area contributed by atoms with Crippen LogP contribution in [-0.4, -0.2) is 42.2 Å². The smallest absolute Gasteiger partial charge is 0.227 e. The topological polar surface area (TPSA) is 67.4 Å². The quantitative estimate of drug-likeness (QED) is 0.893. The summed E-state index contributed by atoms with van der Waals surface area (Å²) in [4.78, 5) is 23.7. The minimum Gasteiger partial charge on any atom is -0.378 e. The molecule has 0 spiro atoms. The van der Waals surface area contributed by atoms with Crippen LogP contribution in [0.15, 0.2) is 24.4 Å². The number of halogens is 2. The number of benzene rings is 1. The second kappa shape index (κ2) is 7.56. The van der Waals surface area contributed by atoms with Crippen molar-refractivity contribution < 1.29 is 18.3 Å². The second-order valence-corrected chi connectivity index (χ2v) is 6.80.